The van der Waals surface area contributed by atoms with Crippen molar-refractivity contribution >= 4 is 0 Å². The number of benzene rings is 1. The summed E-state index contributed by atoms with van der Waals surface area (Å²) in [7, 11) is 0. The summed E-state index contributed by atoms with van der Waals surface area (Å²) in [4.78, 5) is 0. The van der Waals surface area contributed by atoms with E-state index >= 15 is 0 Å². The normalized spacial score (nSPS) is 12.9. The molecule has 0 unspecified atom stereocenters. The van der Waals surface area contributed by atoms with Crippen molar-refractivity contribution in [2.75, 3.05) is 0 Å². The molecule has 0 aliphatic rings. The Bertz CT molecular complexity index is 271. The minimum atomic E-state index is 0.0390. The summed E-state index contributed by atoms with van der Waals surface area (Å²) in [6, 6.07) is 5.35. The lowest BCUT2D eigenvalue weighted by Crippen LogP contribution is -2.09. The summed E-state index contributed by atoms with van der Waals surface area (Å²) in [6.07, 6.45) is 0.893. The van der Waals surface area contributed by atoms with Gasteiger partial charge >= 0.3 is 0 Å². The van der Waals surface area contributed by atoms with Crippen molar-refractivity contribution in [3.63, 3.8) is 0 Å². The summed E-state index contributed by atoms with van der Waals surface area (Å²) in [6.45, 7) is 4.04. The highest BCUT2D eigenvalue weighted by atomic mass is 16.3. The molecule has 0 spiro atoms. The van der Waals surface area contributed by atoms with Crippen LogP contribution in [0.1, 0.15) is 30.5 Å². The van der Waals surface area contributed by atoms with Crippen LogP contribution >= 0.6 is 0 Å². The van der Waals surface area contributed by atoms with Crippen LogP contribution in [-0.2, 0) is 0 Å². The van der Waals surface area contributed by atoms with Gasteiger partial charge in [-0.05, 0) is 36.6 Å². The molecular weight excluding hydrogens is 150 g/mol. The molecular formula is C10H15NO. The largest absolute Gasteiger partial charge is 0.508 e. The van der Waals surface area contributed by atoms with E-state index in [1.54, 1.807) is 12.1 Å². The van der Waals surface area contributed by atoms with Crippen molar-refractivity contribution in [2.24, 2.45) is 5.73 Å². The number of phenolic OH excluding ortho intramolecular Hbond substituents is 1. The van der Waals surface area contributed by atoms with Crippen LogP contribution in [0, 0.1) is 6.92 Å². The Balaban J connectivity index is 3.04. The van der Waals surface area contributed by atoms with Crippen LogP contribution in [0.5, 0.6) is 5.75 Å². The van der Waals surface area contributed by atoms with Gasteiger partial charge in [-0.15, -0.1) is 0 Å². The molecule has 0 bridgehead atoms. The van der Waals surface area contributed by atoms with Gasteiger partial charge in [-0.1, -0.05) is 13.0 Å². The number of hydrogen-bond donors (Lipinski definition) is 2. The highest BCUT2D eigenvalue weighted by Gasteiger charge is 2.06. The quantitative estimate of drug-likeness (QED) is 0.705. The van der Waals surface area contributed by atoms with Gasteiger partial charge in [0.1, 0.15) is 5.75 Å². The third-order valence-electron chi connectivity index (χ3n) is 2.10. The van der Waals surface area contributed by atoms with Gasteiger partial charge in [0.25, 0.3) is 0 Å². The van der Waals surface area contributed by atoms with Crippen LogP contribution in [0.3, 0.4) is 0 Å². The number of hydrogen-bond acceptors (Lipinski definition) is 2. The molecule has 0 radical (unpaired) electrons. The molecule has 0 saturated heterocycles. The molecule has 1 atom stereocenters. The fraction of sp³-hybridized carbons (Fsp3) is 0.400. The SMILES string of the molecule is CC[C@@H](N)c1cc(O)ccc1C. The second kappa shape index (κ2) is 3.59. The second-order valence-corrected chi connectivity index (χ2v) is 3.06. The van der Waals surface area contributed by atoms with Crippen molar-refractivity contribution in [1.82, 2.24) is 0 Å². The summed E-state index contributed by atoms with van der Waals surface area (Å²) in [5, 5.41) is 9.23. The van der Waals surface area contributed by atoms with E-state index in [9.17, 15) is 5.11 Å². The average Bonchev–Trinajstić information content (AvgIpc) is 2.08. The molecule has 0 aliphatic heterocycles. The van der Waals surface area contributed by atoms with Crippen molar-refractivity contribution in [3.05, 3.63) is 29.3 Å². The summed E-state index contributed by atoms with van der Waals surface area (Å²) < 4.78 is 0. The highest BCUT2D eigenvalue weighted by molar-refractivity contribution is 5.35. The molecule has 0 aromatic heterocycles. The molecule has 0 amide bonds. The highest BCUT2D eigenvalue weighted by Crippen LogP contribution is 2.22. The monoisotopic (exact) mass is 165 g/mol. The van der Waals surface area contributed by atoms with Crippen molar-refractivity contribution < 1.29 is 5.11 Å². The van der Waals surface area contributed by atoms with Gasteiger partial charge in [0.15, 0.2) is 0 Å². The van der Waals surface area contributed by atoms with E-state index in [1.807, 2.05) is 19.9 Å². The Morgan fingerprint density at radius 3 is 2.75 bits per heavy atom. The van der Waals surface area contributed by atoms with E-state index in [1.165, 1.54) is 0 Å². The Morgan fingerprint density at radius 2 is 2.17 bits per heavy atom. The first-order valence-corrected chi connectivity index (χ1v) is 4.20. The number of phenols is 1. The van der Waals surface area contributed by atoms with Crippen LogP contribution in [0.15, 0.2) is 18.2 Å². The fourth-order valence-corrected chi connectivity index (χ4v) is 1.25. The van der Waals surface area contributed by atoms with Gasteiger partial charge in [0.2, 0.25) is 0 Å². The third kappa shape index (κ3) is 1.77. The predicted molar refractivity (Wildman–Crippen MR) is 50.1 cm³/mol. The second-order valence-electron chi connectivity index (χ2n) is 3.06. The van der Waals surface area contributed by atoms with Gasteiger partial charge in [-0.2, -0.15) is 0 Å². The molecule has 0 fully saturated rings. The zero-order chi connectivity index (χ0) is 9.14. The number of nitrogens with two attached hydrogens (primary N) is 1. The average molecular weight is 165 g/mol. The summed E-state index contributed by atoms with van der Waals surface area (Å²) in [5.74, 6) is 0.291. The van der Waals surface area contributed by atoms with Crippen LogP contribution in [0.2, 0.25) is 0 Å². The van der Waals surface area contributed by atoms with Crippen molar-refractivity contribution in [2.45, 2.75) is 26.3 Å². The first-order valence-electron chi connectivity index (χ1n) is 4.20. The molecule has 1 aromatic carbocycles. The molecule has 66 valence electrons. The molecule has 0 aliphatic carbocycles. The molecule has 0 saturated carbocycles. The molecule has 12 heavy (non-hydrogen) atoms. The number of aryl methyl sites for hydroxylation is 1. The number of rotatable bonds is 2. The van der Waals surface area contributed by atoms with Crippen LogP contribution < -0.4 is 5.73 Å². The van der Waals surface area contributed by atoms with Gasteiger partial charge in [0, 0.05) is 6.04 Å². The Kier molecular flexibility index (Phi) is 2.71. The Morgan fingerprint density at radius 1 is 1.50 bits per heavy atom. The first kappa shape index (κ1) is 9.07. The lowest BCUT2D eigenvalue weighted by Gasteiger charge is -2.12. The van der Waals surface area contributed by atoms with E-state index in [4.69, 9.17) is 5.73 Å². The van der Waals surface area contributed by atoms with Crippen LogP contribution in [-0.4, -0.2) is 5.11 Å². The van der Waals surface area contributed by atoms with Gasteiger partial charge in [-0.3, -0.25) is 0 Å². The van der Waals surface area contributed by atoms with Gasteiger partial charge < -0.3 is 10.8 Å². The van der Waals surface area contributed by atoms with E-state index in [2.05, 4.69) is 0 Å². The predicted octanol–water partition coefficient (Wildman–Crippen LogP) is 2.11. The van der Waals surface area contributed by atoms with E-state index in [0.717, 1.165) is 17.5 Å². The molecule has 1 aromatic rings. The molecule has 1 rings (SSSR count). The standard InChI is InChI=1S/C10H15NO/c1-3-10(11)9-6-8(12)5-4-7(9)2/h4-6,10,12H,3,11H2,1-2H3/t10-/m1/s1. The maximum atomic E-state index is 9.23. The van der Waals surface area contributed by atoms with Crippen molar-refractivity contribution in [3.8, 4) is 5.75 Å². The third-order valence-corrected chi connectivity index (χ3v) is 2.10. The summed E-state index contributed by atoms with van der Waals surface area (Å²) >= 11 is 0. The molecule has 3 N–H and O–H groups in total. The number of aromatic hydroxyl groups is 1. The van der Waals surface area contributed by atoms with E-state index in [0.29, 0.717) is 5.75 Å². The van der Waals surface area contributed by atoms with E-state index in [-0.39, 0.29) is 6.04 Å². The Labute approximate surface area is 73.0 Å². The molecule has 2 nitrogen and oxygen atoms in total. The molecule has 2 heteroatoms. The van der Waals surface area contributed by atoms with Crippen LogP contribution in [0.4, 0.5) is 0 Å². The zero-order valence-electron chi connectivity index (χ0n) is 7.54. The van der Waals surface area contributed by atoms with Crippen LogP contribution in [0.25, 0.3) is 0 Å². The lowest BCUT2D eigenvalue weighted by atomic mass is 10.00. The lowest BCUT2D eigenvalue weighted by molar-refractivity contribution is 0.473. The van der Waals surface area contributed by atoms with Gasteiger partial charge in [0.05, 0.1) is 0 Å². The smallest absolute Gasteiger partial charge is 0.115 e. The first-order chi connectivity index (χ1) is 5.65. The Hall–Kier alpha value is -1.02. The molecule has 0 heterocycles. The topological polar surface area (TPSA) is 46.2 Å². The fourth-order valence-electron chi connectivity index (χ4n) is 1.25. The van der Waals surface area contributed by atoms with Gasteiger partial charge in [-0.25, -0.2) is 0 Å². The minimum absolute atomic E-state index is 0.0390. The van der Waals surface area contributed by atoms with E-state index < -0.39 is 0 Å². The maximum Gasteiger partial charge on any atom is 0.115 e. The minimum Gasteiger partial charge on any atom is -0.508 e. The van der Waals surface area contributed by atoms with Crippen molar-refractivity contribution in [1.29, 1.82) is 0 Å². The summed E-state index contributed by atoms with van der Waals surface area (Å²) in [5.41, 5.74) is 8.03. The zero-order valence-corrected chi connectivity index (χ0v) is 7.54. The maximum absolute atomic E-state index is 9.23.